The number of carbonyl (C=O) groups is 1. The number of ether oxygens (including phenoxy) is 1. The molecule has 0 spiro atoms. The molecule has 1 N–H and O–H groups in total. The molecule has 0 aromatic rings. The van der Waals surface area contributed by atoms with Crippen molar-refractivity contribution in [3.63, 3.8) is 0 Å². The van der Waals surface area contributed by atoms with Crippen molar-refractivity contribution in [1.82, 2.24) is 9.62 Å². The van der Waals surface area contributed by atoms with Gasteiger partial charge in [-0.3, -0.25) is 4.79 Å². The van der Waals surface area contributed by atoms with E-state index in [0.29, 0.717) is 19.7 Å². The number of rotatable bonds is 4. The average molecular weight is 290 g/mol. The maximum atomic E-state index is 12.2. The maximum absolute atomic E-state index is 12.2. The number of nitrogens with zero attached hydrogens (tertiary/aromatic N) is 1. The molecule has 0 unspecified atom stereocenters. The van der Waals surface area contributed by atoms with Crippen LogP contribution in [-0.4, -0.2) is 57.8 Å². The molecule has 2 saturated heterocycles. The van der Waals surface area contributed by atoms with Gasteiger partial charge in [0.05, 0.1) is 6.26 Å². The smallest absolute Gasteiger partial charge is 0.251 e. The topological polar surface area (TPSA) is 75.7 Å². The van der Waals surface area contributed by atoms with E-state index in [9.17, 15) is 13.2 Å². The van der Waals surface area contributed by atoms with Gasteiger partial charge in [0.25, 0.3) is 5.91 Å². The Morgan fingerprint density at radius 1 is 1.37 bits per heavy atom. The molecule has 0 bridgehead atoms. The van der Waals surface area contributed by atoms with Crippen LogP contribution in [-0.2, 0) is 19.6 Å². The van der Waals surface area contributed by atoms with Crippen LogP contribution in [0.5, 0.6) is 0 Å². The van der Waals surface area contributed by atoms with E-state index in [-0.39, 0.29) is 17.9 Å². The van der Waals surface area contributed by atoms with Gasteiger partial charge in [-0.15, -0.1) is 0 Å². The highest BCUT2D eigenvalue weighted by atomic mass is 32.2. The minimum Gasteiger partial charge on any atom is -0.368 e. The minimum atomic E-state index is -3.16. The van der Waals surface area contributed by atoms with E-state index in [1.54, 1.807) is 0 Å². The number of likely N-dealkylation sites (tertiary alicyclic amines) is 1. The Hall–Kier alpha value is -0.660. The fourth-order valence-electron chi connectivity index (χ4n) is 2.68. The van der Waals surface area contributed by atoms with Crippen LogP contribution in [0.1, 0.15) is 25.7 Å². The molecule has 2 heterocycles. The Morgan fingerprint density at radius 2 is 2.16 bits per heavy atom. The predicted molar refractivity (Wildman–Crippen MR) is 71.1 cm³/mol. The molecule has 1 amide bonds. The number of carbonyl (C=O) groups excluding carboxylic acids is 1. The van der Waals surface area contributed by atoms with Crippen molar-refractivity contribution < 1.29 is 17.9 Å². The quantitative estimate of drug-likeness (QED) is 0.788. The highest BCUT2D eigenvalue weighted by Crippen LogP contribution is 2.20. The summed E-state index contributed by atoms with van der Waals surface area (Å²) in [7, 11) is -3.16. The summed E-state index contributed by atoms with van der Waals surface area (Å²) in [5.74, 6) is 0.274. The predicted octanol–water partition coefficient (Wildman–Crippen LogP) is -0.0468. The van der Waals surface area contributed by atoms with E-state index >= 15 is 0 Å². The Morgan fingerprint density at radius 3 is 2.79 bits per heavy atom. The van der Waals surface area contributed by atoms with Crippen LogP contribution in [0.2, 0.25) is 0 Å². The molecule has 2 fully saturated rings. The molecule has 0 aromatic heterocycles. The first-order valence-electron chi connectivity index (χ1n) is 6.81. The summed E-state index contributed by atoms with van der Waals surface area (Å²) in [6, 6.07) is 0. The number of hydrogen-bond donors (Lipinski definition) is 1. The van der Waals surface area contributed by atoms with Crippen LogP contribution in [0, 0.1) is 5.92 Å². The van der Waals surface area contributed by atoms with E-state index in [1.807, 2.05) is 4.90 Å². The summed E-state index contributed by atoms with van der Waals surface area (Å²) in [5.41, 5.74) is 0. The average Bonchev–Trinajstić information content (AvgIpc) is 2.89. The highest BCUT2D eigenvalue weighted by molar-refractivity contribution is 7.88. The molecule has 2 rings (SSSR count). The molecule has 19 heavy (non-hydrogen) atoms. The molecule has 110 valence electrons. The molecule has 0 aromatic carbocycles. The fraction of sp³-hybridized carbons (Fsp3) is 0.917. The van der Waals surface area contributed by atoms with Crippen LogP contribution in [0.4, 0.5) is 0 Å². The molecule has 2 aliphatic rings. The van der Waals surface area contributed by atoms with Crippen LogP contribution < -0.4 is 4.72 Å². The lowest BCUT2D eigenvalue weighted by Crippen LogP contribution is -2.47. The first-order chi connectivity index (χ1) is 8.96. The number of amides is 1. The molecular formula is C12H22N2O4S. The van der Waals surface area contributed by atoms with Crippen molar-refractivity contribution in [3.8, 4) is 0 Å². The minimum absolute atomic E-state index is 0.0709. The summed E-state index contributed by atoms with van der Waals surface area (Å²) in [4.78, 5) is 14.0. The second-order valence-electron chi connectivity index (χ2n) is 5.41. The third-order valence-electron chi connectivity index (χ3n) is 3.67. The van der Waals surface area contributed by atoms with Gasteiger partial charge < -0.3 is 9.64 Å². The lowest BCUT2D eigenvalue weighted by atomic mass is 9.98. The number of piperidine rings is 1. The van der Waals surface area contributed by atoms with E-state index < -0.39 is 10.0 Å². The maximum Gasteiger partial charge on any atom is 0.251 e. The molecule has 7 heteroatoms. The second-order valence-corrected chi connectivity index (χ2v) is 7.25. The lowest BCUT2D eigenvalue weighted by Gasteiger charge is -2.34. The van der Waals surface area contributed by atoms with Gasteiger partial charge in [-0.2, -0.15) is 0 Å². The number of nitrogens with one attached hydrogen (secondary N) is 1. The van der Waals surface area contributed by atoms with Crippen molar-refractivity contribution >= 4 is 15.9 Å². The molecule has 2 aliphatic heterocycles. The van der Waals surface area contributed by atoms with Gasteiger partial charge >= 0.3 is 0 Å². The number of sulfonamides is 1. The van der Waals surface area contributed by atoms with Gasteiger partial charge in [-0.25, -0.2) is 13.1 Å². The SMILES string of the molecule is CS(=O)(=O)NC[C@H]1CCCN(C(=O)[C@H]2CCCO2)C1. The van der Waals surface area contributed by atoms with Gasteiger partial charge in [-0.1, -0.05) is 0 Å². The lowest BCUT2D eigenvalue weighted by molar-refractivity contribution is -0.142. The number of hydrogen-bond acceptors (Lipinski definition) is 4. The normalized spacial score (nSPS) is 28.6. The van der Waals surface area contributed by atoms with Crippen LogP contribution in [0.3, 0.4) is 0 Å². The Bertz CT molecular complexity index is 417. The molecule has 0 saturated carbocycles. The first kappa shape index (κ1) is 14.7. The summed E-state index contributed by atoms with van der Waals surface area (Å²) in [5, 5.41) is 0. The molecule has 6 nitrogen and oxygen atoms in total. The highest BCUT2D eigenvalue weighted by Gasteiger charge is 2.31. The molecular weight excluding hydrogens is 268 g/mol. The standard InChI is InChI=1S/C12H22N2O4S/c1-19(16,17)13-8-10-4-2-6-14(9-10)12(15)11-5-3-7-18-11/h10-11,13H,2-9H2,1H3/t10-,11-/m1/s1. The zero-order chi connectivity index (χ0) is 13.9. The zero-order valence-electron chi connectivity index (χ0n) is 11.3. The van der Waals surface area contributed by atoms with Crippen LogP contribution >= 0.6 is 0 Å². The van der Waals surface area contributed by atoms with Gasteiger partial charge in [0.1, 0.15) is 6.10 Å². The first-order valence-corrected chi connectivity index (χ1v) is 8.70. The fourth-order valence-corrected chi connectivity index (χ4v) is 3.22. The van der Waals surface area contributed by atoms with E-state index in [4.69, 9.17) is 4.74 Å². The Balaban J connectivity index is 1.84. The van der Waals surface area contributed by atoms with Gasteiger partial charge in [0, 0.05) is 26.2 Å². The zero-order valence-corrected chi connectivity index (χ0v) is 12.1. The Kier molecular flexibility index (Phi) is 4.81. The van der Waals surface area contributed by atoms with Crippen molar-refractivity contribution in [3.05, 3.63) is 0 Å². The largest absolute Gasteiger partial charge is 0.368 e. The summed E-state index contributed by atoms with van der Waals surface area (Å²) < 4.78 is 30.1. The van der Waals surface area contributed by atoms with Crippen molar-refractivity contribution in [2.45, 2.75) is 31.8 Å². The monoisotopic (exact) mass is 290 g/mol. The van der Waals surface area contributed by atoms with Crippen molar-refractivity contribution in [1.29, 1.82) is 0 Å². The van der Waals surface area contributed by atoms with Crippen molar-refractivity contribution in [2.75, 3.05) is 32.5 Å². The third-order valence-corrected chi connectivity index (χ3v) is 4.36. The van der Waals surface area contributed by atoms with E-state index in [1.165, 1.54) is 0 Å². The van der Waals surface area contributed by atoms with Crippen LogP contribution in [0.25, 0.3) is 0 Å². The molecule has 0 aliphatic carbocycles. The van der Waals surface area contributed by atoms with E-state index in [0.717, 1.165) is 38.5 Å². The summed E-state index contributed by atoms with van der Waals surface area (Å²) in [6.45, 7) is 2.47. The van der Waals surface area contributed by atoms with E-state index in [2.05, 4.69) is 4.72 Å². The second kappa shape index (κ2) is 6.19. The van der Waals surface area contributed by atoms with Crippen LogP contribution in [0.15, 0.2) is 0 Å². The van der Waals surface area contributed by atoms with Gasteiger partial charge in [-0.05, 0) is 31.6 Å². The summed E-state index contributed by atoms with van der Waals surface area (Å²) >= 11 is 0. The third kappa shape index (κ3) is 4.43. The molecule has 2 atom stereocenters. The Labute approximate surface area is 114 Å². The van der Waals surface area contributed by atoms with Gasteiger partial charge in [0.15, 0.2) is 0 Å². The van der Waals surface area contributed by atoms with Crippen molar-refractivity contribution in [2.24, 2.45) is 5.92 Å². The summed E-state index contributed by atoms with van der Waals surface area (Å²) in [6.07, 6.45) is 4.52. The van der Waals surface area contributed by atoms with Gasteiger partial charge in [0.2, 0.25) is 10.0 Å². The molecule has 0 radical (unpaired) electrons.